The standard InChI is InChI=1S/C32H31ClN2O7S2/c1-39-27-9-7-24(20-28(27)42-33)25-18-22(4-8-26(25)41-17-14-34-12-15-40-16-13-34)19-29-30(36)35(32(43)44-29)11-10-21-2-5-23(6-3-21)31(37)38/h2-9,18-20H,10-17H2,1H3,(H,37,38). The number of hydrogen-bond acceptors (Lipinski definition) is 9. The number of nitrogens with zero attached hydrogens (tertiary/aromatic N) is 2. The van der Waals surface area contributed by atoms with Crippen LogP contribution >= 0.6 is 35.8 Å². The highest BCUT2D eigenvalue weighted by atomic mass is 35.5. The minimum absolute atomic E-state index is 0.170. The summed E-state index contributed by atoms with van der Waals surface area (Å²) in [6, 6.07) is 17.8. The first-order valence-electron chi connectivity index (χ1n) is 14.0. The predicted molar refractivity (Wildman–Crippen MR) is 175 cm³/mol. The van der Waals surface area contributed by atoms with Gasteiger partial charge in [0.25, 0.3) is 5.91 Å². The highest BCUT2D eigenvalue weighted by Crippen LogP contribution is 2.39. The number of carbonyl (C=O) groups excluding carboxylic acids is 1. The first-order chi connectivity index (χ1) is 21.4. The quantitative estimate of drug-likeness (QED) is 0.192. The summed E-state index contributed by atoms with van der Waals surface area (Å²) < 4.78 is 22.6. The number of carbonyl (C=O) groups is 2. The van der Waals surface area contributed by atoms with E-state index in [-0.39, 0.29) is 11.5 Å². The molecule has 2 heterocycles. The molecule has 0 atom stereocenters. The molecule has 1 amide bonds. The van der Waals surface area contributed by atoms with Crippen LogP contribution in [0.3, 0.4) is 0 Å². The van der Waals surface area contributed by atoms with E-state index < -0.39 is 5.97 Å². The fourth-order valence-electron chi connectivity index (χ4n) is 4.90. The smallest absolute Gasteiger partial charge is 0.335 e. The summed E-state index contributed by atoms with van der Waals surface area (Å²) in [7, 11) is 1.54. The highest BCUT2D eigenvalue weighted by molar-refractivity contribution is 8.26. The number of carboxylic acids is 1. The number of ether oxygens (including phenoxy) is 3. The molecule has 5 rings (SSSR count). The molecular weight excluding hydrogens is 624 g/mol. The third-order valence-corrected chi connectivity index (χ3v) is 8.87. The molecular formula is C32H31ClN2O7S2. The van der Waals surface area contributed by atoms with E-state index in [1.807, 2.05) is 30.3 Å². The van der Waals surface area contributed by atoms with Crippen molar-refractivity contribution in [3.05, 3.63) is 82.3 Å². The average Bonchev–Trinajstić information content (AvgIpc) is 3.31. The fraction of sp³-hybridized carbons (Fsp3) is 0.281. The van der Waals surface area contributed by atoms with Gasteiger partial charge in [0.05, 0.1) is 30.8 Å². The van der Waals surface area contributed by atoms with Crippen molar-refractivity contribution >= 4 is 58.1 Å². The average molecular weight is 655 g/mol. The van der Waals surface area contributed by atoms with Gasteiger partial charge in [-0.05, 0) is 65.6 Å². The van der Waals surface area contributed by atoms with Crippen molar-refractivity contribution in [1.29, 1.82) is 0 Å². The molecule has 3 aromatic carbocycles. The number of rotatable bonds is 12. The minimum Gasteiger partial charge on any atom is -0.493 e. The zero-order valence-corrected chi connectivity index (χ0v) is 26.4. The maximum absolute atomic E-state index is 13.3. The normalized spacial score (nSPS) is 16.4. The van der Waals surface area contributed by atoms with Gasteiger partial charge in [0, 0.05) is 31.7 Å². The van der Waals surface area contributed by atoms with Crippen molar-refractivity contribution in [2.24, 2.45) is 0 Å². The van der Waals surface area contributed by atoms with Crippen LogP contribution < -0.4 is 13.8 Å². The summed E-state index contributed by atoms with van der Waals surface area (Å²) in [4.78, 5) is 28.9. The second-order valence-electron chi connectivity index (χ2n) is 10.1. The van der Waals surface area contributed by atoms with Crippen molar-refractivity contribution in [2.45, 2.75) is 6.42 Å². The van der Waals surface area contributed by atoms with Crippen LogP contribution in [-0.4, -0.2) is 84.2 Å². The summed E-state index contributed by atoms with van der Waals surface area (Å²) in [6.07, 6.45) is 2.37. The van der Waals surface area contributed by atoms with Crippen LogP contribution in [-0.2, 0) is 16.0 Å². The second-order valence-corrected chi connectivity index (χ2v) is 11.9. The molecule has 0 aromatic heterocycles. The molecule has 2 aliphatic rings. The van der Waals surface area contributed by atoms with Crippen LogP contribution in [0.4, 0.5) is 0 Å². The number of hydrogen-bond donors (Lipinski definition) is 1. The molecule has 12 heteroatoms. The zero-order valence-electron chi connectivity index (χ0n) is 24.0. The van der Waals surface area contributed by atoms with Crippen LogP contribution in [0.15, 0.2) is 65.6 Å². The van der Waals surface area contributed by atoms with Gasteiger partial charge in [0.15, 0.2) is 11.5 Å². The summed E-state index contributed by atoms with van der Waals surface area (Å²) in [6.45, 7) is 4.85. The Hall–Kier alpha value is -3.61. The van der Waals surface area contributed by atoms with Crippen LogP contribution in [0.1, 0.15) is 21.5 Å². The van der Waals surface area contributed by atoms with Crippen LogP contribution in [0.25, 0.3) is 17.2 Å². The van der Waals surface area contributed by atoms with Crippen molar-refractivity contribution in [2.75, 3.05) is 53.1 Å². The Morgan fingerprint density at radius 2 is 1.80 bits per heavy atom. The number of aromatic carboxylic acids is 1. The van der Waals surface area contributed by atoms with Crippen molar-refractivity contribution < 1.29 is 33.2 Å². The third kappa shape index (κ3) is 7.72. The zero-order chi connectivity index (χ0) is 31.1. The van der Waals surface area contributed by atoms with Crippen LogP contribution in [0.5, 0.6) is 17.2 Å². The molecule has 0 unspecified atom stereocenters. The largest absolute Gasteiger partial charge is 0.493 e. The Labute approximate surface area is 270 Å². The monoisotopic (exact) mass is 654 g/mol. The van der Waals surface area contributed by atoms with Gasteiger partial charge in [-0.1, -0.05) is 48.2 Å². The molecule has 3 aromatic rings. The van der Waals surface area contributed by atoms with Gasteiger partial charge < -0.3 is 23.6 Å². The number of amides is 1. The van der Waals surface area contributed by atoms with Gasteiger partial charge in [-0.2, -0.15) is 0 Å². The SMILES string of the molecule is COc1ccc(-c2cc(C=C3SC(=S)N(CCc4ccc(C(=O)O)cc4)C3=O)ccc2OCCN2CCOCC2)cc1OCl. The van der Waals surface area contributed by atoms with Crippen molar-refractivity contribution in [1.82, 2.24) is 9.80 Å². The van der Waals surface area contributed by atoms with Gasteiger partial charge >= 0.3 is 5.97 Å². The van der Waals surface area contributed by atoms with E-state index in [4.69, 9.17) is 47.7 Å². The maximum atomic E-state index is 13.3. The first kappa shape index (κ1) is 31.8. The molecule has 0 radical (unpaired) electrons. The molecule has 2 saturated heterocycles. The lowest BCUT2D eigenvalue weighted by atomic mass is 10.0. The lowest BCUT2D eigenvalue weighted by molar-refractivity contribution is -0.122. The molecule has 2 fully saturated rings. The molecule has 0 spiro atoms. The molecule has 44 heavy (non-hydrogen) atoms. The second kappa shape index (κ2) is 14.9. The Kier molecular flexibility index (Phi) is 10.8. The number of halogens is 1. The van der Waals surface area contributed by atoms with Crippen molar-refractivity contribution in [3.63, 3.8) is 0 Å². The van der Waals surface area contributed by atoms with Gasteiger partial charge in [0.2, 0.25) is 0 Å². The predicted octanol–water partition coefficient (Wildman–Crippen LogP) is 5.75. The lowest BCUT2D eigenvalue weighted by Gasteiger charge is -2.26. The van der Waals surface area contributed by atoms with E-state index in [1.165, 1.54) is 11.8 Å². The summed E-state index contributed by atoms with van der Waals surface area (Å²) in [5.74, 6) is 0.402. The van der Waals surface area contributed by atoms with Gasteiger partial charge in [-0.3, -0.25) is 14.6 Å². The van der Waals surface area contributed by atoms with Gasteiger partial charge in [-0.25, -0.2) is 4.79 Å². The first-order valence-corrected chi connectivity index (χ1v) is 15.5. The molecule has 0 saturated carbocycles. The van der Waals surface area contributed by atoms with Crippen molar-refractivity contribution in [3.8, 4) is 28.4 Å². The van der Waals surface area contributed by atoms with E-state index in [1.54, 1.807) is 48.4 Å². The Bertz CT molecular complexity index is 1560. The fourth-order valence-corrected chi connectivity index (χ4v) is 6.33. The number of carboxylic acid groups (broad SMARTS) is 1. The number of morpholine rings is 1. The molecule has 1 N–H and O–H groups in total. The Morgan fingerprint density at radius 1 is 1.05 bits per heavy atom. The van der Waals surface area contributed by atoms with Crippen LogP contribution in [0.2, 0.25) is 0 Å². The maximum Gasteiger partial charge on any atom is 0.335 e. The molecule has 0 aliphatic carbocycles. The van der Waals surface area contributed by atoms with Gasteiger partial charge in [0.1, 0.15) is 28.5 Å². The molecule has 0 bridgehead atoms. The molecule has 230 valence electrons. The lowest BCUT2D eigenvalue weighted by Crippen LogP contribution is -2.38. The van der Waals surface area contributed by atoms with E-state index in [0.29, 0.717) is 46.0 Å². The highest BCUT2D eigenvalue weighted by Gasteiger charge is 2.31. The molecule has 2 aliphatic heterocycles. The summed E-state index contributed by atoms with van der Waals surface area (Å²) >= 11 is 12.5. The minimum atomic E-state index is -0.978. The third-order valence-electron chi connectivity index (χ3n) is 7.33. The summed E-state index contributed by atoms with van der Waals surface area (Å²) in [5.41, 5.74) is 3.55. The van der Waals surface area contributed by atoms with E-state index in [0.717, 1.165) is 55.1 Å². The Morgan fingerprint density at radius 3 is 2.50 bits per heavy atom. The van der Waals surface area contributed by atoms with E-state index >= 15 is 0 Å². The van der Waals surface area contributed by atoms with E-state index in [2.05, 4.69) is 4.90 Å². The van der Waals surface area contributed by atoms with Crippen LogP contribution in [0, 0.1) is 0 Å². The number of thiocarbonyl (C=S) groups is 1. The number of thioether (sulfide) groups is 1. The van der Waals surface area contributed by atoms with Gasteiger partial charge in [-0.15, -0.1) is 0 Å². The number of methoxy groups -OCH3 is 1. The molecule has 9 nitrogen and oxygen atoms in total. The Balaban J connectivity index is 1.35. The number of benzene rings is 3. The summed E-state index contributed by atoms with van der Waals surface area (Å²) in [5, 5.41) is 9.12. The topological polar surface area (TPSA) is 97.8 Å². The van der Waals surface area contributed by atoms with E-state index in [9.17, 15) is 9.59 Å².